The Morgan fingerprint density at radius 2 is 2.10 bits per heavy atom. The number of aliphatic hydroxyl groups excluding tert-OH is 1. The molecule has 4 nitrogen and oxygen atoms in total. The van der Waals surface area contributed by atoms with E-state index in [1.54, 1.807) is 0 Å². The van der Waals surface area contributed by atoms with Gasteiger partial charge in [-0.25, -0.2) is 4.79 Å². The summed E-state index contributed by atoms with van der Waals surface area (Å²) < 4.78 is 5.48. The summed E-state index contributed by atoms with van der Waals surface area (Å²) in [6, 6.07) is 9.77. The van der Waals surface area contributed by atoms with Gasteiger partial charge in [0.2, 0.25) is 0 Å². The van der Waals surface area contributed by atoms with Crippen LogP contribution in [-0.2, 0) is 11.3 Å². The predicted molar refractivity (Wildman–Crippen MR) is 79.7 cm³/mol. The summed E-state index contributed by atoms with van der Waals surface area (Å²) in [7, 11) is 0. The molecule has 2 aliphatic rings. The van der Waals surface area contributed by atoms with Crippen LogP contribution in [0.1, 0.15) is 38.2 Å². The highest BCUT2D eigenvalue weighted by molar-refractivity contribution is 5.69. The monoisotopic (exact) mass is 289 g/mol. The Hall–Kier alpha value is -1.55. The Morgan fingerprint density at radius 3 is 2.81 bits per heavy atom. The lowest BCUT2D eigenvalue weighted by Gasteiger charge is -2.28. The summed E-state index contributed by atoms with van der Waals surface area (Å²) in [4.78, 5) is 14.3. The standard InChI is InChI=1S/C17H23NO3/c1-2-14-16(19)13-9-6-10-15(13)18(14)17(20)21-11-12-7-4-3-5-8-12/h3-5,7-8,13-16,19H,2,6,9-11H2,1H3/t13-,14-,15+,16+/m0/s1. The first-order valence-electron chi connectivity index (χ1n) is 7.89. The van der Waals surface area contributed by atoms with Crippen LogP contribution >= 0.6 is 0 Å². The maximum absolute atomic E-state index is 12.5. The van der Waals surface area contributed by atoms with Gasteiger partial charge in [-0.15, -0.1) is 0 Å². The number of carbonyl (C=O) groups excluding carboxylic acids is 1. The van der Waals surface area contributed by atoms with Gasteiger partial charge in [0.25, 0.3) is 0 Å². The number of likely N-dealkylation sites (tertiary alicyclic amines) is 1. The zero-order valence-corrected chi connectivity index (χ0v) is 12.4. The molecule has 114 valence electrons. The zero-order valence-electron chi connectivity index (χ0n) is 12.4. The Labute approximate surface area is 125 Å². The van der Waals surface area contributed by atoms with Crippen molar-refractivity contribution in [2.24, 2.45) is 5.92 Å². The van der Waals surface area contributed by atoms with Gasteiger partial charge in [-0.1, -0.05) is 43.7 Å². The minimum atomic E-state index is -0.397. The molecule has 21 heavy (non-hydrogen) atoms. The van der Waals surface area contributed by atoms with Crippen LogP contribution in [0.25, 0.3) is 0 Å². The summed E-state index contributed by atoms with van der Waals surface area (Å²) in [5.74, 6) is 0.235. The lowest BCUT2D eigenvalue weighted by molar-refractivity contribution is 0.0577. The molecule has 0 radical (unpaired) electrons. The first-order chi connectivity index (χ1) is 10.2. The fourth-order valence-electron chi connectivity index (χ4n) is 3.91. The van der Waals surface area contributed by atoms with E-state index in [0.717, 1.165) is 31.2 Å². The highest BCUT2D eigenvalue weighted by Gasteiger charge is 2.51. The van der Waals surface area contributed by atoms with Crippen LogP contribution < -0.4 is 0 Å². The molecular formula is C17H23NO3. The van der Waals surface area contributed by atoms with E-state index in [1.165, 1.54) is 0 Å². The molecule has 1 aliphatic heterocycles. The number of rotatable bonds is 3. The topological polar surface area (TPSA) is 49.8 Å². The summed E-state index contributed by atoms with van der Waals surface area (Å²) in [6.07, 6.45) is 3.19. The molecule has 1 aliphatic carbocycles. The molecule has 0 aromatic heterocycles. The fraction of sp³-hybridized carbons (Fsp3) is 0.588. The van der Waals surface area contributed by atoms with E-state index >= 15 is 0 Å². The largest absolute Gasteiger partial charge is 0.445 e. The number of hydrogen-bond donors (Lipinski definition) is 1. The third-order valence-corrected chi connectivity index (χ3v) is 4.91. The molecule has 1 aromatic rings. The smallest absolute Gasteiger partial charge is 0.410 e. The average Bonchev–Trinajstić information content (AvgIpc) is 3.08. The third kappa shape index (κ3) is 2.64. The first kappa shape index (κ1) is 14.4. The molecule has 1 saturated heterocycles. The number of aliphatic hydroxyl groups is 1. The van der Waals surface area contributed by atoms with Crippen molar-refractivity contribution in [3.05, 3.63) is 35.9 Å². The van der Waals surface area contributed by atoms with Crippen molar-refractivity contribution in [1.82, 2.24) is 4.90 Å². The molecule has 3 rings (SSSR count). The number of nitrogens with zero attached hydrogens (tertiary/aromatic N) is 1. The average molecular weight is 289 g/mol. The predicted octanol–water partition coefficient (Wildman–Crippen LogP) is 2.95. The molecule has 2 fully saturated rings. The van der Waals surface area contributed by atoms with Crippen LogP contribution in [-0.4, -0.2) is 34.3 Å². The molecule has 1 aromatic carbocycles. The highest BCUT2D eigenvalue weighted by atomic mass is 16.6. The van der Waals surface area contributed by atoms with Gasteiger partial charge in [0.1, 0.15) is 6.61 Å². The highest BCUT2D eigenvalue weighted by Crippen LogP contribution is 2.42. The van der Waals surface area contributed by atoms with Crippen LogP contribution in [0.5, 0.6) is 0 Å². The molecule has 0 spiro atoms. The summed E-state index contributed by atoms with van der Waals surface area (Å²) in [5, 5.41) is 10.4. The van der Waals surface area contributed by atoms with Gasteiger partial charge in [-0.2, -0.15) is 0 Å². The van der Waals surface area contributed by atoms with Crippen molar-refractivity contribution in [3.8, 4) is 0 Å². The van der Waals surface area contributed by atoms with Gasteiger partial charge < -0.3 is 9.84 Å². The Kier molecular flexibility index (Phi) is 4.15. The van der Waals surface area contributed by atoms with Crippen molar-refractivity contribution in [3.63, 3.8) is 0 Å². The maximum Gasteiger partial charge on any atom is 0.410 e. The third-order valence-electron chi connectivity index (χ3n) is 4.91. The molecule has 0 bridgehead atoms. The molecule has 4 heteroatoms. The number of carbonyl (C=O) groups is 1. The van der Waals surface area contributed by atoms with E-state index < -0.39 is 6.10 Å². The van der Waals surface area contributed by atoms with Gasteiger partial charge >= 0.3 is 6.09 Å². The fourth-order valence-corrected chi connectivity index (χ4v) is 3.91. The van der Waals surface area contributed by atoms with Gasteiger partial charge in [-0.05, 0) is 24.8 Å². The number of amides is 1. The Morgan fingerprint density at radius 1 is 1.33 bits per heavy atom. The Bertz CT molecular complexity index is 488. The first-order valence-corrected chi connectivity index (χ1v) is 7.89. The quantitative estimate of drug-likeness (QED) is 0.930. The second-order valence-corrected chi connectivity index (χ2v) is 6.08. The van der Waals surface area contributed by atoms with E-state index in [2.05, 4.69) is 0 Å². The van der Waals surface area contributed by atoms with Crippen molar-refractivity contribution in [1.29, 1.82) is 0 Å². The van der Waals surface area contributed by atoms with Crippen molar-refractivity contribution < 1.29 is 14.6 Å². The maximum atomic E-state index is 12.5. The number of ether oxygens (including phenoxy) is 1. The summed E-state index contributed by atoms with van der Waals surface area (Å²) in [6.45, 7) is 2.31. The Balaban J connectivity index is 1.68. The van der Waals surface area contributed by atoms with Crippen LogP contribution in [0, 0.1) is 5.92 Å². The number of hydrogen-bond acceptors (Lipinski definition) is 3. The molecule has 4 atom stereocenters. The summed E-state index contributed by atoms with van der Waals surface area (Å²) in [5.41, 5.74) is 0.988. The van der Waals surface area contributed by atoms with Gasteiger partial charge in [-0.3, -0.25) is 4.90 Å². The zero-order chi connectivity index (χ0) is 14.8. The number of fused-ring (bicyclic) bond motifs is 1. The summed E-state index contributed by atoms with van der Waals surface area (Å²) >= 11 is 0. The van der Waals surface area contributed by atoms with E-state index in [-0.39, 0.29) is 24.1 Å². The molecular weight excluding hydrogens is 266 g/mol. The second kappa shape index (κ2) is 6.06. The second-order valence-electron chi connectivity index (χ2n) is 6.08. The van der Waals surface area contributed by atoms with Crippen LogP contribution in [0.2, 0.25) is 0 Å². The number of benzene rings is 1. The molecule has 1 saturated carbocycles. The van der Waals surface area contributed by atoms with Crippen molar-refractivity contribution in [2.75, 3.05) is 0 Å². The van der Waals surface area contributed by atoms with E-state index in [0.29, 0.717) is 6.61 Å². The molecule has 0 unspecified atom stereocenters. The van der Waals surface area contributed by atoms with Gasteiger partial charge in [0, 0.05) is 12.0 Å². The van der Waals surface area contributed by atoms with E-state index in [1.807, 2.05) is 42.2 Å². The van der Waals surface area contributed by atoms with Crippen molar-refractivity contribution >= 4 is 6.09 Å². The van der Waals surface area contributed by atoms with Gasteiger partial charge in [0.15, 0.2) is 0 Å². The van der Waals surface area contributed by atoms with Crippen LogP contribution in [0.4, 0.5) is 4.79 Å². The molecule has 1 N–H and O–H groups in total. The lowest BCUT2D eigenvalue weighted by Crippen LogP contribution is -2.43. The molecule has 1 heterocycles. The van der Waals surface area contributed by atoms with Crippen LogP contribution in [0.15, 0.2) is 30.3 Å². The van der Waals surface area contributed by atoms with E-state index in [4.69, 9.17) is 4.74 Å². The minimum Gasteiger partial charge on any atom is -0.445 e. The molecule has 1 amide bonds. The SMILES string of the molecule is CC[C@H]1[C@H](O)[C@H]2CCC[C@H]2N1C(=O)OCc1ccccc1. The van der Waals surface area contributed by atoms with Crippen molar-refractivity contribution in [2.45, 2.75) is 57.4 Å². The van der Waals surface area contributed by atoms with E-state index in [9.17, 15) is 9.90 Å². The van der Waals surface area contributed by atoms with Gasteiger partial charge in [0.05, 0.1) is 12.1 Å². The van der Waals surface area contributed by atoms with Crippen LogP contribution in [0.3, 0.4) is 0 Å². The lowest BCUT2D eigenvalue weighted by atomic mass is 9.97. The minimum absolute atomic E-state index is 0.0939. The normalized spacial score (nSPS) is 31.2.